The normalized spacial score (nSPS) is 9.00. The SMILES string of the molecule is [Ti].c1ccc(O[N-]Oc2ccccc2)cc1. The van der Waals surface area contributed by atoms with Gasteiger partial charge >= 0.3 is 0 Å². The van der Waals surface area contributed by atoms with E-state index in [0.29, 0.717) is 11.5 Å². The Balaban J connectivity index is 0.00000128. The Kier molecular flexibility index (Phi) is 5.64. The zero-order valence-corrected chi connectivity index (χ0v) is 10.1. The molecule has 0 bridgehead atoms. The second kappa shape index (κ2) is 7.06. The molecule has 0 aliphatic rings. The molecule has 0 radical (unpaired) electrons. The summed E-state index contributed by atoms with van der Waals surface area (Å²) in [6.07, 6.45) is 0. The van der Waals surface area contributed by atoms with Gasteiger partial charge in [0.1, 0.15) is 11.5 Å². The molecular formula is C12H10NO2Ti-. The summed E-state index contributed by atoms with van der Waals surface area (Å²) in [5.41, 5.74) is 3.51. The fourth-order valence-electron chi connectivity index (χ4n) is 1.07. The number of nitrogens with zero attached hydrogens (tertiary/aromatic N) is 1. The van der Waals surface area contributed by atoms with Gasteiger partial charge in [0, 0.05) is 21.7 Å². The maximum Gasteiger partial charge on any atom is 0.103 e. The molecule has 0 saturated heterocycles. The van der Waals surface area contributed by atoms with Crippen molar-refractivity contribution in [1.29, 1.82) is 0 Å². The minimum absolute atomic E-state index is 0. The minimum Gasteiger partial charge on any atom is -0.555 e. The maximum atomic E-state index is 5.01. The van der Waals surface area contributed by atoms with Crippen LogP contribution in [-0.2, 0) is 21.7 Å². The van der Waals surface area contributed by atoms with Crippen molar-refractivity contribution in [2.75, 3.05) is 0 Å². The fraction of sp³-hybridized carbons (Fsp3) is 0. The van der Waals surface area contributed by atoms with Crippen LogP contribution in [0.2, 0.25) is 0 Å². The summed E-state index contributed by atoms with van der Waals surface area (Å²) in [7, 11) is 0. The van der Waals surface area contributed by atoms with Gasteiger partial charge in [-0.25, -0.2) is 0 Å². The minimum atomic E-state index is 0. The Morgan fingerprint density at radius 1 is 0.625 bits per heavy atom. The van der Waals surface area contributed by atoms with Crippen molar-refractivity contribution in [2.45, 2.75) is 0 Å². The van der Waals surface area contributed by atoms with E-state index in [1.807, 2.05) is 36.4 Å². The van der Waals surface area contributed by atoms with Crippen LogP contribution >= 0.6 is 0 Å². The fourth-order valence-corrected chi connectivity index (χ4v) is 1.07. The van der Waals surface area contributed by atoms with Gasteiger partial charge in [-0.2, -0.15) is 0 Å². The van der Waals surface area contributed by atoms with E-state index in [2.05, 4.69) is 5.64 Å². The first-order valence-corrected chi connectivity index (χ1v) is 4.59. The van der Waals surface area contributed by atoms with Crippen molar-refractivity contribution in [3.05, 3.63) is 66.3 Å². The van der Waals surface area contributed by atoms with Crippen LogP contribution in [0.4, 0.5) is 0 Å². The largest absolute Gasteiger partial charge is 0.555 e. The van der Waals surface area contributed by atoms with Crippen molar-refractivity contribution in [1.82, 2.24) is 0 Å². The molecule has 2 aromatic rings. The molecule has 0 fully saturated rings. The summed E-state index contributed by atoms with van der Waals surface area (Å²) in [4.78, 5) is 10.0. The zero-order valence-electron chi connectivity index (χ0n) is 8.54. The van der Waals surface area contributed by atoms with Crippen LogP contribution in [0.15, 0.2) is 60.7 Å². The van der Waals surface area contributed by atoms with E-state index < -0.39 is 0 Å². The molecule has 0 N–H and O–H groups in total. The third-order valence-electron chi connectivity index (χ3n) is 1.77. The van der Waals surface area contributed by atoms with Gasteiger partial charge in [-0.1, -0.05) is 36.4 Å². The number of benzene rings is 2. The molecule has 0 unspecified atom stereocenters. The van der Waals surface area contributed by atoms with Gasteiger partial charge in [-0.05, 0) is 24.3 Å². The second-order valence-corrected chi connectivity index (χ2v) is 2.88. The predicted octanol–water partition coefficient (Wildman–Crippen LogP) is 3.35. The molecule has 0 atom stereocenters. The van der Waals surface area contributed by atoms with Crippen LogP contribution in [0, 0.1) is 0 Å². The molecule has 2 aromatic carbocycles. The molecule has 0 aromatic heterocycles. The molecule has 0 aliphatic heterocycles. The standard InChI is InChI=1S/C12H10NO2.Ti/c1-3-7-11(8-4-1)14-13-15-12-9-5-2-6-10-12;/h1-10H;/q-1;. The molecule has 80 valence electrons. The van der Waals surface area contributed by atoms with Gasteiger partial charge in [-0.15, -0.1) is 0 Å². The average molecular weight is 248 g/mol. The van der Waals surface area contributed by atoms with E-state index in [9.17, 15) is 0 Å². The van der Waals surface area contributed by atoms with Gasteiger partial charge in [0.15, 0.2) is 0 Å². The number of hydrogen-bond acceptors (Lipinski definition) is 2. The molecule has 3 nitrogen and oxygen atoms in total. The van der Waals surface area contributed by atoms with Crippen LogP contribution in [0.3, 0.4) is 0 Å². The van der Waals surface area contributed by atoms with Crippen molar-refractivity contribution in [3.8, 4) is 11.5 Å². The topological polar surface area (TPSA) is 32.6 Å². The molecule has 2 rings (SSSR count). The van der Waals surface area contributed by atoms with E-state index in [-0.39, 0.29) is 21.7 Å². The van der Waals surface area contributed by atoms with Crippen molar-refractivity contribution in [2.24, 2.45) is 0 Å². The quantitative estimate of drug-likeness (QED) is 0.614. The van der Waals surface area contributed by atoms with E-state index in [1.165, 1.54) is 0 Å². The van der Waals surface area contributed by atoms with Crippen LogP contribution in [0.1, 0.15) is 0 Å². The number of hydrogen-bond donors (Lipinski definition) is 0. The zero-order chi connectivity index (χ0) is 10.3. The van der Waals surface area contributed by atoms with Crippen LogP contribution < -0.4 is 9.68 Å². The molecule has 0 heterocycles. The number of rotatable bonds is 4. The first-order chi connectivity index (χ1) is 7.45. The summed E-state index contributed by atoms with van der Waals surface area (Å²) in [6, 6.07) is 18.5. The first kappa shape index (κ1) is 12.8. The van der Waals surface area contributed by atoms with Gasteiger partial charge in [-0.3, -0.25) is 5.64 Å². The Hall–Kier alpha value is -1.29. The molecule has 16 heavy (non-hydrogen) atoms. The van der Waals surface area contributed by atoms with Crippen molar-refractivity contribution < 1.29 is 31.4 Å². The molecule has 0 spiro atoms. The maximum absolute atomic E-state index is 5.01. The smallest absolute Gasteiger partial charge is 0.103 e. The molecule has 0 saturated carbocycles. The van der Waals surface area contributed by atoms with Crippen LogP contribution in [0.25, 0.3) is 5.64 Å². The Morgan fingerprint density at radius 3 is 1.38 bits per heavy atom. The van der Waals surface area contributed by atoms with Crippen LogP contribution in [-0.4, -0.2) is 0 Å². The number of para-hydroxylation sites is 2. The summed E-state index contributed by atoms with van der Waals surface area (Å²) in [6.45, 7) is 0. The molecule has 0 amide bonds. The second-order valence-electron chi connectivity index (χ2n) is 2.88. The Morgan fingerprint density at radius 2 is 1.00 bits per heavy atom. The van der Waals surface area contributed by atoms with Gasteiger partial charge in [0.2, 0.25) is 0 Å². The Labute approximate surface area is 109 Å². The summed E-state index contributed by atoms with van der Waals surface area (Å²) in [5, 5.41) is 0. The van der Waals surface area contributed by atoms with Gasteiger partial charge in [0.25, 0.3) is 0 Å². The Bertz CT molecular complexity index is 355. The van der Waals surface area contributed by atoms with E-state index in [0.717, 1.165) is 0 Å². The van der Waals surface area contributed by atoms with E-state index >= 15 is 0 Å². The van der Waals surface area contributed by atoms with Gasteiger partial charge < -0.3 is 9.68 Å². The molecule has 4 heteroatoms. The summed E-state index contributed by atoms with van der Waals surface area (Å²) in [5.74, 6) is 1.29. The molecule has 0 aliphatic carbocycles. The van der Waals surface area contributed by atoms with Gasteiger partial charge in [0.05, 0.1) is 0 Å². The summed E-state index contributed by atoms with van der Waals surface area (Å²) < 4.78 is 0. The van der Waals surface area contributed by atoms with Crippen molar-refractivity contribution >= 4 is 0 Å². The third kappa shape index (κ3) is 4.07. The monoisotopic (exact) mass is 248 g/mol. The predicted molar refractivity (Wildman–Crippen MR) is 57.5 cm³/mol. The molecular weight excluding hydrogens is 238 g/mol. The van der Waals surface area contributed by atoms with E-state index in [4.69, 9.17) is 9.68 Å². The summed E-state index contributed by atoms with van der Waals surface area (Å²) >= 11 is 0. The van der Waals surface area contributed by atoms with Crippen molar-refractivity contribution in [3.63, 3.8) is 0 Å². The third-order valence-corrected chi connectivity index (χ3v) is 1.77. The van der Waals surface area contributed by atoms with E-state index in [1.54, 1.807) is 24.3 Å². The van der Waals surface area contributed by atoms with Crippen LogP contribution in [0.5, 0.6) is 11.5 Å². The average Bonchev–Trinajstić information content (AvgIpc) is 2.32. The first-order valence-electron chi connectivity index (χ1n) is 4.59.